The SMILES string of the molecule is c1ccc(-c2nc(-c3ccccc3)nc(-c3cccc(-c4ccc(-c5cc6c7ccccc7c7ccccc7c6c6ccccc56)cc4)c3)n2)cc1. The Balaban J connectivity index is 1.08. The minimum absolute atomic E-state index is 0.647. The minimum Gasteiger partial charge on any atom is -0.208 e. The summed E-state index contributed by atoms with van der Waals surface area (Å²) in [4.78, 5) is 14.8. The average Bonchev–Trinajstić information content (AvgIpc) is 3.24. The Morgan fingerprint density at radius 1 is 0.231 bits per heavy atom. The van der Waals surface area contributed by atoms with Crippen molar-refractivity contribution < 1.29 is 0 Å². The van der Waals surface area contributed by atoms with Crippen LogP contribution in [-0.4, -0.2) is 15.0 Å². The van der Waals surface area contributed by atoms with Gasteiger partial charge in [-0.15, -0.1) is 0 Å². The Hall–Kier alpha value is -6.97. The Bertz CT molecular complexity index is 2880. The quantitative estimate of drug-likeness (QED) is 0.172. The number of fused-ring (bicyclic) bond motifs is 8. The Kier molecular flexibility index (Phi) is 7.14. The van der Waals surface area contributed by atoms with Gasteiger partial charge in [-0.25, -0.2) is 15.0 Å². The lowest BCUT2D eigenvalue weighted by atomic mass is 9.87. The molecule has 52 heavy (non-hydrogen) atoms. The van der Waals surface area contributed by atoms with Gasteiger partial charge in [0.2, 0.25) is 0 Å². The topological polar surface area (TPSA) is 38.7 Å². The molecule has 0 bridgehead atoms. The molecule has 0 spiro atoms. The van der Waals surface area contributed by atoms with Crippen molar-refractivity contribution in [2.75, 3.05) is 0 Å². The molecule has 3 nitrogen and oxygen atoms in total. The number of nitrogens with zero attached hydrogens (tertiary/aromatic N) is 3. The van der Waals surface area contributed by atoms with Crippen LogP contribution >= 0.6 is 0 Å². The van der Waals surface area contributed by atoms with E-state index in [0.717, 1.165) is 27.8 Å². The molecule has 3 heteroatoms. The van der Waals surface area contributed by atoms with Gasteiger partial charge in [-0.1, -0.05) is 176 Å². The van der Waals surface area contributed by atoms with E-state index in [1.165, 1.54) is 54.2 Å². The Morgan fingerprint density at radius 2 is 0.635 bits per heavy atom. The first-order valence-corrected chi connectivity index (χ1v) is 17.6. The molecular weight excluding hydrogens is 631 g/mol. The number of hydrogen-bond acceptors (Lipinski definition) is 3. The number of hydrogen-bond donors (Lipinski definition) is 0. The lowest BCUT2D eigenvalue weighted by Gasteiger charge is -2.16. The summed E-state index contributed by atoms with van der Waals surface area (Å²) in [6, 6.07) is 66.5. The van der Waals surface area contributed by atoms with Crippen molar-refractivity contribution in [3.63, 3.8) is 0 Å². The van der Waals surface area contributed by atoms with E-state index in [-0.39, 0.29) is 0 Å². The lowest BCUT2D eigenvalue weighted by molar-refractivity contribution is 1.07. The van der Waals surface area contributed by atoms with Crippen molar-refractivity contribution in [3.8, 4) is 56.4 Å². The predicted octanol–water partition coefficient (Wildman–Crippen LogP) is 12.8. The van der Waals surface area contributed by atoms with Crippen LogP contribution in [0.1, 0.15) is 0 Å². The van der Waals surface area contributed by atoms with Gasteiger partial charge in [-0.3, -0.25) is 0 Å². The molecule has 0 atom stereocenters. The highest BCUT2D eigenvalue weighted by Crippen LogP contribution is 2.43. The molecule has 0 radical (unpaired) electrons. The fourth-order valence-electron chi connectivity index (χ4n) is 7.62. The molecule has 10 aromatic rings. The van der Waals surface area contributed by atoms with Gasteiger partial charge in [0.15, 0.2) is 17.5 Å². The average molecular weight is 662 g/mol. The van der Waals surface area contributed by atoms with Crippen LogP contribution in [0.2, 0.25) is 0 Å². The van der Waals surface area contributed by atoms with E-state index in [0.29, 0.717) is 17.5 Å². The maximum Gasteiger partial charge on any atom is 0.164 e. The molecule has 0 saturated carbocycles. The van der Waals surface area contributed by atoms with Crippen molar-refractivity contribution in [1.82, 2.24) is 15.0 Å². The summed E-state index contributed by atoms with van der Waals surface area (Å²) < 4.78 is 0. The van der Waals surface area contributed by atoms with Crippen LogP contribution in [0.15, 0.2) is 188 Å². The standard InChI is InChI=1S/C49H31N3/c1-3-14-34(15-4-1)47-50-48(35-16-5-2-6-17-35)52-49(51-47)37-19-13-18-36(30-37)32-26-28-33(29-27-32)44-31-45-40-22-8-7-20-38(40)39-21-9-11-24-42(39)46(45)43-25-12-10-23-41(43)44/h1-31H. The van der Waals surface area contributed by atoms with Gasteiger partial charge in [-0.05, 0) is 77.5 Å². The van der Waals surface area contributed by atoms with Crippen LogP contribution in [0.4, 0.5) is 0 Å². The molecule has 0 aliphatic rings. The van der Waals surface area contributed by atoms with Crippen LogP contribution in [0.5, 0.6) is 0 Å². The zero-order valence-electron chi connectivity index (χ0n) is 28.2. The molecule has 9 aromatic carbocycles. The molecule has 0 amide bonds. The maximum absolute atomic E-state index is 4.96. The van der Waals surface area contributed by atoms with Gasteiger partial charge in [0, 0.05) is 16.7 Å². The molecule has 0 N–H and O–H groups in total. The summed E-state index contributed by atoms with van der Waals surface area (Å²) in [6.07, 6.45) is 0. The van der Waals surface area contributed by atoms with E-state index in [1.807, 2.05) is 60.7 Å². The van der Waals surface area contributed by atoms with Gasteiger partial charge in [0.05, 0.1) is 0 Å². The molecule has 242 valence electrons. The monoisotopic (exact) mass is 661 g/mol. The Labute approximate surface area is 301 Å². The van der Waals surface area contributed by atoms with Crippen molar-refractivity contribution in [1.29, 1.82) is 0 Å². The fraction of sp³-hybridized carbons (Fsp3) is 0. The minimum atomic E-state index is 0.647. The van der Waals surface area contributed by atoms with Gasteiger partial charge in [-0.2, -0.15) is 0 Å². The summed E-state index contributed by atoms with van der Waals surface area (Å²) in [6.45, 7) is 0. The third kappa shape index (κ3) is 5.10. The van der Waals surface area contributed by atoms with Gasteiger partial charge < -0.3 is 0 Å². The molecule has 0 unspecified atom stereocenters. The summed E-state index contributed by atoms with van der Waals surface area (Å²) in [5.74, 6) is 1.96. The number of benzene rings is 9. The van der Waals surface area contributed by atoms with E-state index >= 15 is 0 Å². The summed E-state index contributed by atoms with van der Waals surface area (Å²) in [5, 5.41) is 10.3. The van der Waals surface area contributed by atoms with Crippen molar-refractivity contribution in [3.05, 3.63) is 188 Å². The van der Waals surface area contributed by atoms with Crippen molar-refractivity contribution in [2.24, 2.45) is 0 Å². The largest absolute Gasteiger partial charge is 0.208 e. The third-order valence-electron chi connectivity index (χ3n) is 10.1. The highest BCUT2D eigenvalue weighted by Gasteiger charge is 2.16. The molecule has 0 fully saturated rings. The van der Waals surface area contributed by atoms with E-state index < -0.39 is 0 Å². The van der Waals surface area contributed by atoms with E-state index in [9.17, 15) is 0 Å². The predicted molar refractivity (Wildman–Crippen MR) is 217 cm³/mol. The van der Waals surface area contributed by atoms with Crippen LogP contribution in [0.25, 0.3) is 99.5 Å². The van der Waals surface area contributed by atoms with Gasteiger partial charge >= 0.3 is 0 Å². The van der Waals surface area contributed by atoms with E-state index in [4.69, 9.17) is 15.0 Å². The second-order valence-electron chi connectivity index (χ2n) is 13.2. The Morgan fingerprint density at radius 3 is 1.23 bits per heavy atom. The van der Waals surface area contributed by atoms with Crippen molar-refractivity contribution >= 4 is 43.1 Å². The first-order valence-electron chi connectivity index (χ1n) is 17.6. The van der Waals surface area contributed by atoms with Crippen LogP contribution in [0, 0.1) is 0 Å². The second-order valence-corrected chi connectivity index (χ2v) is 13.2. The summed E-state index contributed by atoms with van der Waals surface area (Å²) in [5.41, 5.74) is 7.51. The lowest BCUT2D eigenvalue weighted by Crippen LogP contribution is -2.00. The molecule has 1 heterocycles. The first-order chi connectivity index (χ1) is 25.8. The number of rotatable bonds is 5. The van der Waals surface area contributed by atoms with E-state index in [2.05, 4.69) is 127 Å². The van der Waals surface area contributed by atoms with Crippen LogP contribution in [0.3, 0.4) is 0 Å². The zero-order chi connectivity index (χ0) is 34.4. The third-order valence-corrected chi connectivity index (χ3v) is 10.1. The molecule has 1 aromatic heterocycles. The zero-order valence-corrected chi connectivity index (χ0v) is 28.2. The fourth-order valence-corrected chi connectivity index (χ4v) is 7.62. The molecule has 10 rings (SSSR count). The first kappa shape index (κ1) is 29.9. The molecular formula is C49H31N3. The highest BCUT2D eigenvalue weighted by atomic mass is 15.0. The maximum atomic E-state index is 4.96. The van der Waals surface area contributed by atoms with Gasteiger partial charge in [0.1, 0.15) is 0 Å². The van der Waals surface area contributed by atoms with E-state index in [1.54, 1.807) is 0 Å². The van der Waals surface area contributed by atoms with Crippen LogP contribution < -0.4 is 0 Å². The molecule has 0 aliphatic carbocycles. The summed E-state index contributed by atoms with van der Waals surface area (Å²) >= 11 is 0. The summed E-state index contributed by atoms with van der Waals surface area (Å²) in [7, 11) is 0. The number of aromatic nitrogens is 3. The molecule has 0 saturated heterocycles. The highest BCUT2D eigenvalue weighted by molar-refractivity contribution is 6.33. The van der Waals surface area contributed by atoms with Gasteiger partial charge in [0.25, 0.3) is 0 Å². The molecule has 0 aliphatic heterocycles. The van der Waals surface area contributed by atoms with Crippen molar-refractivity contribution in [2.45, 2.75) is 0 Å². The second kappa shape index (κ2) is 12.4. The van der Waals surface area contributed by atoms with Crippen LogP contribution in [-0.2, 0) is 0 Å². The smallest absolute Gasteiger partial charge is 0.164 e. The normalized spacial score (nSPS) is 11.5.